The maximum Gasteiger partial charge on any atom is 0.229 e. The first kappa shape index (κ1) is 26.1. The molecule has 0 radical (unpaired) electrons. The van der Waals surface area contributed by atoms with Gasteiger partial charge in [0.05, 0.1) is 51.9 Å². The van der Waals surface area contributed by atoms with E-state index < -0.39 is 0 Å². The minimum Gasteiger partial charge on any atom is -0.466 e. The third-order valence-corrected chi connectivity index (χ3v) is 9.00. The van der Waals surface area contributed by atoms with Crippen LogP contribution in [0, 0.1) is 40.6 Å². The van der Waals surface area contributed by atoms with Crippen molar-refractivity contribution in [3.05, 3.63) is 137 Å². The molecule has 214 valence electrons. The molecule has 0 aliphatic heterocycles. The van der Waals surface area contributed by atoms with E-state index in [-0.39, 0.29) is 0 Å². The summed E-state index contributed by atoms with van der Waals surface area (Å²) in [5.41, 5.74) is 8.31. The van der Waals surface area contributed by atoms with Crippen molar-refractivity contribution in [3.63, 3.8) is 0 Å². The lowest BCUT2D eigenvalue weighted by Crippen LogP contribution is -1.98. The summed E-state index contributed by atoms with van der Waals surface area (Å²) in [6.45, 7) is 7.65. The standard InChI is InChI=1S/C40H18N6O/c1-44-33-10-5-9-27-31-19-37-38(32(22-43)39(31)47-40(27)33)28-8-2-3-11-34(28)46(37)26-7-4-6-25(18-26)45-35-14-12-23(20-41)16-29(35)30-17-24(21-42)13-15-36(30)45/h2-19H. The third-order valence-electron chi connectivity index (χ3n) is 9.00. The molecule has 3 aromatic heterocycles. The Hall–Kier alpha value is -7.32. The fourth-order valence-electron chi connectivity index (χ4n) is 7.05. The Morgan fingerprint density at radius 3 is 1.81 bits per heavy atom. The molecule has 0 aliphatic rings. The average Bonchev–Trinajstić information content (AvgIpc) is 3.77. The lowest BCUT2D eigenvalue weighted by atomic mass is 10.0. The Labute approximate surface area is 267 Å². The number of nitrogens with zero attached hydrogens (tertiary/aromatic N) is 6. The summed E-state index contributed by atoms with van der Waals surface area (Å²) in [5.74, 6) is 0. The van der Waals surface area contributed by atoms with Crippen LogP contribution < -0.4 is 0 Å². The lowest BCUT2D eigenvalue weighted by molar-refractivity contribution is 0.670. The molecule has 0 unspecified atom stereocenters. The molecule has 47 heavy (non-hydrogen) atoms. The van der Waals surface area contributed by atoms with E-state index in [0.717, 1.165) is 65.8 Å². The molecular weight excluding hydrogens is 580 g/mol. The molecule has 6 aromatic carbocycles. The summed E-state index contributed by atoms with van der Waals surface area (Å²) in [4.78, 5) is 3.65. The average molecular weight is 599 g/mol. The third kappa shape index (κ3) is 3.51. The molecule has 0 aliphatic carbocycles. The second-order valence-corrected chi connectivity index (χ2v) is 11.4. The summed E-state index contributed by atoms with van der Waals surface area (Å²) in [6.07, 6.45) is 0. The topological polar surface area (TPSA) is 98.7 Å². The monoisotopic (exact) mass is 598 g/mol. The zero-order chi connectivity index (χ0) is 31.8. The van der Waals surface area contributed by atoms with Crippen molar-refractivity contribution in [2.75, 3.05) is 0 Å². The van der Waals surface area contributed by atoms with E-state index in [0.29, 0.717) is 33.5 Å². The van der Waals surface area contributed by atoms with Crippen LogP contribution in [0.15, 0.2) is 114 Å². The van der Waals surface area contributed by atoms with Crippen molar-refractivity contribution < 1.29 is 4.42 Å². The number of aromatic nitrogens is 2. The van der Waals surface area contributed by atoms with Gasteiger partial charge in [0.1, 0.15) is 17.2 Å². The Morgan fingerprint density at radius 2 is 1.15 bits per heavy atom. The summed E-state index contributed by atoms with van der Waals surface area (Å²) in [6, 6.07) is 41.9. The Morgan fingerprint density at radius 1 is 0.532 bits per heavy atom. The van der Waals surface area contributed by atoms with Crippen molar-refractivity contribution in [1.82, 2.24) is 9.13 Å². The van der Waals surface area contributed by atoms with Gasteiger partial charge in [-0.15, -0.1) is 0 Å². The second kappa shape index (κ2) is 9.59. The van der Waals surface area contributed by atoms with Crippen LogP contribution in [0.5, 0.6) is 0 Å². The highest BCUT2D eigenvalue weighted by atomic mass is 16.3. The van der Waals surface area contributed by atoms with Gasteiger partial charge in [-0.05, 0) is 66.7 Å². The minimum absolute atomic E-state index is 0.405. The predicted octanol–water partition coefficient (Wildman–Crippen LogP) is 9.95. The first-order chi connectivity index (χ1) is 23.1. The highest BCUT2D eigenvalue weighted by Crippen LogP contribution is 2.43. The summed E-state index contributed by atoms with van der Waals surface area (Å²) < 4.78 is 10.6. The summed E-state index contributed by atoms with van der Waals surface area (Å²) in [5, 5.41) is 34.9. The Bertz CT molecular complexity index is 2950. The van der Waals surface area contributed by atoms with Crippen molar-refractivity contribution in [1.29, 1.82) is 15.8 Å². The molecule has 0 N–H and O–H groups in total. The zero-order valence-corrected chi connectivity index (χ0v) is 24.5. The Kier molecular flexibility index (Phi) is 5.33. The van der Waals surface area contributed by atoms with Crippen LogP contribution in [-0.2, 0) is 0 Å². The molecule has 7 nitrogen and oxygen atoms in total. The molecule has 0 saturated carbocycles. The van der Waals surface area contributed by atoms with Gasteiger partial charge in [0.25, 0.3) is 0 Å². The smallest absolute Gasteiger partial charge is 0.229 e. The largest absolute Gasteiger partial charge is 0.466 e. The molecule has 0 saturated heterocycles. The number of rotatable bonds is 2. The van der Waals surface area contributed by atoms with Gasteiger partial charge in [0.15, 0.2) is 5.58 Å². The van der Waals surface area contributed by atoms with Gasteiger partial charge in [-0.2, -0.15) is 15.8 Å². The van der Waals surface area contributed by atoms with Gasteiger partial charge in [0, 0.05) is 43.7 Å². The SMILES string of the molecule is [C-]#[N+]c1cccc2c1oc1c(C#N)c3c4ccccc4n(-c4cccc(-n5c6ccc(C#N)cc6c6cc(C#N)ccc65)c4)c3cc12. The second-order valence-electron chi connectivity index (χ2n) is 11.4. The quantitative estimate of drug-likeness (QED) is 0.185. The van der Waals surface area contributed by atoms with Crippen LogP contribution in [0.3, 0.4) is 0 Å². The maximum absolute atomic E-state index is 10.5. The van der Waals surface area contributed by atoms with Crippen LogP contribution in [-0.4, -0.2) is 9.13 Å². The van der Waals surface area contributed by atoms with E-state index in [9.17, 15) is 15.8 Å². The fraction of sp³-hybridized carbons (Fsp3) is 0. The van der Waals surface area contributed by atoms with Crippen molar-refractivity contribution in [2.24, 2.45) is 0 Å². The molecule has 0 atom stereocenters. The molecule has 9 aromatic rings. The number of hydrogen-bond donors (Lipinski definition) is 0. The highest BCUT2D eigenvalue weighted by molar-refractivity contribution is 6.21. The molecule has 0 amide bonds. The number of para-hydroxylation sites is 2. The predicted molar refractivity (Wildman–Crippen MR) is 183 cm³/mol. The fourth-order valence-corrected chi connectivity index (χ4v) is 7.05. The van der Waals surface area contributed by atoms with Gasteiger partial charge in [0.2, 0.25) is 5.69 Å². The molecule has 0 spiro atoms. The van der Waals surface area contributed by atoms with E-state index in [1.807, 2.05) is 91.0 Å². The Balaban J connectivity index is 1.38. The van der Waals surface area contributed by atoms with E-state index in [4.69, 9.17) is 11.0 Å². The lowest BCUT2D eigenvalue weighted by Gasteiger charge is -2.13. The minimum atomic E-state index is 0.405. The number of hydrogen-bond acceptors (Lipinski definition) is 4. The van der Waals surface area contributed by atoms with E-state index in [1.54, 1.807) is 6.07 Å². The van der Waals surface area contributed by atoms with Crippen LogP contribution in [0.4, 0.5) is 5.69 Å². The summed E-state index contributed by atoms with van der Waals surface area (Å²) in [7, 11) is 0. The van der Waals surface area contributed by atoms with Gasteiger partial charge in [-0.3, -0.25) is 0 Å². The van der Waals surface area contributed by atoms with Gasteiger partial charge in [-0.25, -0.2) is 4.85 Å². The van der Waals surface area contributed by atoms with Crippen molar-refractivity contribution >= 4 is 71.2 Å². The molecular formula is C40H18N6O. The van der Waals surface area contributed by atoms with E-state index in [2.05, 4.69) is 44.3 Å². The first-order valence-electron chi connectivity index (χ1n) is 14.8. The maximum atomic E-state index is 10.5. The number of fused-ring (bicyclic) bond motifs is 9. The van der Waals surface area contributed by atoms with Crippen molar-refractivity contribution in [3.8, 4) is 29.6 Å². The van der Waals surface area contributed by atoms with Gasteiger partial charge < -0.3 is 13.6 Å². The zero-order valence-electron chi connectivity index (χ0n) is 24.5. The summed E-state index contributed by atoms with van der Waals surface area (Å²) >= 11 is 0. The molecule has 0 fully saturated rings. The molecule has 7 heteroatoms. The van der Waals surface area contributed by atoms with Gasteiger partial charge in [-0.1, -0.05) is 42.5 Å². The van der Waals surface area contributed by atoms with Crippen LogP contribution in [0.25, 0.3) is 81.8 Å². The van der Waals surface area contributed by atoms with Crippen LogP contribution >= 0.6 is 0 Å². The molecule has 9 rings (SSSR count). The number of nitriles is 3. The number of benzene rings is 6. The highest BCUT2D eigenvalue weighted by Gasteiger charge is 2.23. The van der Waals surface area contributed by atoms with Crippen LogP contribution in [0.1, 0.15) is 16.7 Å². The van der Waals surface area contributed by atoms with Gasteiger partial charge >= 0.3 is 0 Å². The molecule has 3 heterocycles. The van der Waals surface area contributed by atoms with E-state index in [1.165, 1.54) is 0 Å². The normalized spacial score (nSPS) is 11.3. The van der Waals surface area contributed by atoms with Crippen molar-refractivity contribution in [2.45, 2.75) is 0 Å². The number of furan rings is 1. The van der Waals surface area contributed by atoms with E-state index >= 15 is 0 Å². The first-order valence-corrected chi connectivity index (χ1v) is 14.8. The molecule has 0 bridgehead atoms. The van der Waals surface area contributed by atoms with Crippen LogP contribution in [0.2, 0.25) is 0 Å².